The zero-order chi connectivity index (χ0) is 15.4. The second-order valence-electron chi connectivity index (χ2n) is 4.91. The smallest absolute Gasteiger partial charge is 0.368 e. The van der Waals surface area contributed by atoms with E-state index in [9.17, 15) is 14.2 Å². The normalized spacial score (nSPS) is 19.2. The number of aliphatic hydroxyl groups is 1. The van der Waals surface area contributed by atoms with Crippen molar-refractivity contribution in [1.29, 1.82) is 0 Å². The standard InChI is InChI=1S/C9H22N2O7P2/c12-9(19(13,14)15,20(16,17)18)3-1-2-6-11-7-4-10-5-8-11/h10,12H,1-8H2,(H2,13,14,15)(H2,16,17,18). The van der Waals surface area contributed by atoms with Crippen LogP contribution in [0.2, 0.25) is 0 Å². The fraction of sp³-hybridized carbons (Fsp3) is 1.00. The molecule has 1 aliphatic rings. The molecule has 0 aliphatic carbocycles. The number of nitrogens with zero attached hydrogens (tertiary/aromatic N) is 1. The van der Waals surface area contributed by atoms with Crippen molar-refractivity contribution >= 4 is 15.2 Å². The van der Waals surface area contributed by atoms with Crippen LogP contribution in [0.5, 0.6) is 0 Å². The minimum absolute atomic E-state index is 0.122. The number of piperazine rings is 1. The maximum absolute atomic E-state index is 11.1. The third kappa shape index (κ3) is 4.59. The highest BCUT2D eigenvalue weighted by molar-refractivity contribution is 7.72. The molecular formula is C9H22N2O7P2. The first-order valence-electron chi connectivity index (χ1n) is 6.35. The molecule has 9 nitrogen and oxygen atoms in total. The Morgan fingerprint density at radius 3 is 1.95 bits per heavy atom. The maximum Gasteiger partial charge on any atom is 0.369 e. The van der Waals surface area contributed by atoms with Gasteiger partial charge in [0.05, 0.1) is 0 Å². The Hall–Kier alpha value is 0.180. The van der Waals surface area contributed by atoms with Crippen molar-refractivity contribution in [3.05, 3.63) is 0 Å². The molecule has 11 heteroatoms. The van der Waals surface area contributed by atoms with Crippen molar-refractivity contribution in [2.24, 2.45) is 0 Å². The molecule has 6 N–H and O–H groups in total. The van der Waals surface area contributed by atoms with E-state index in [0.717, 1.165) is 26.2 Å². The summed E-state index contributed by atoms with van der Waals surface area (Å²) in [5, 5.41) is 9.58. The molecule has 0 atom stereocenters. The molecule has 0 amide bonds. The van der Waals surface area contributed by atoms with Gasteiger partial charge in [0.25, 0.3) is 5.08 Å². The predicted octanol–water partition coefficient (Wildman–Crippen LogP) is -0.937. The lowest BCUT2D eigenvalue weighted by Gasteiger charge is -2.30. The van der Waals surface area contributed by atoms with E-state index in [0.29, 0.717) is 13.0 Å². The van der Waals surface area contributed by atoms with Crippen molar-refractivity contribution in [2.75, 3.05) is 32.7 Å². The summed E-state index contributed by atoms with van der Waals surface area (Å²) in [6, 6.07) is 0. The van der Waals surface area contributed by atoms with Crippen molar-refractivity contribution in [1.82, 2.24) is 10.2 Å². The minimum Gasteiger partial charge on any atom is -0.368 e. The second kappa shape index (κ2) is 6.96. The molecule has 20 heavy (non-hydrogen) atoms. The summed E-state index contributed by atoms with van der Waals surface area (Å²) >= 11 is 0. The van der Waals surface area contributed by atoms with Crippen LogP contribution in [0, 0.1) is 0 Å². The highest BCUT2D eigenvalue weighted by Gasteiger charge is 2.58. The van der Waals surface area contributed by atoms with Gasteiger partial charge in [0.15, 0.2) is 0 Å². The Morgan fingerprint density at radius 1 is 1.00 bits per heavy atom. The van der Waals surface area contributed by atoms with Gasteiger partial charge in [-0.1, -0.05) is 0 Å². The van der Waals surface area contributed by atoms with E-state index in [-0.39, 0.29) is 6.42 Å². The number of hydrogen-bond acceptors (Lipinski definition) is 5. The number of hydrogen-bond donors (Lipinski definition) is 6. The molecule has 120 valence electrons. The number of unbranched alkanes of at least 4 members (excludes halogenated alkanes) is 1. The van der Waals surface area contributed by atoms with Gasteiger partial charge in [-0.05, 0) is 25.8 Å². The molecule has 1 saturated heterocycles. The third-order valence-electron chi connectivity index (χ3n) is 3.38. The molecule has 1 fully saturated rings. The molecule has 0 aromatic carbocycles. The van der Waals surface area contributed by atoms with E-state index in [4.69, 9.17) is 19.6 Å². The Morgan fingerprint density at radius 2 is 1.50 bits per heavy atom. The highest BCUT2D eigenvalue weighted by atomic mass is 31.2. The van der Waals surface area contributed by atoms with Gasteiger partial charge < -0.3 is 34.9 Å². The molecule has 0 spiro atoms. The van der Waals surface area contributed by atoms with Crippen LogP contribution >= 0.6 is 15.2 Å². The van der Waals surface area contributed by atoms with E-state index in [1.807, 2.05) is 0 Å². The molecule has 0 radical (unpaired) electrons. The van der Waals surface area contributed by atoms with Gasteiger partial charge in [-0.3, -0.25) is 9.13 Å². The number of nitrogens with one attached hydrogen (secondary N) is 1. The molecule has 1 aliphatic heterocycles. The molecule has 1 rings (SSSR count). The van der Waals surface area contributed by atoms with Gasteiger partial charge in [0.1, 0.15) is 0 Å². The Bertz CT molecular complexity index is 379. The van der Waals surface area contributed by atoms with Crippen LogP contribution in [0.1, 0.15) is 19.3 Å². The summed E-state index contributed by atoms with van der Waals surface area (Å²) in [6.45, 7) is 4.13. The second-order valence-corrected chi connectivity index (χ2v) is 8.92. The first-order valence-corrected chi connectivity index (χ1v) is 9.57. The lowest BCUT2D eigenvalue weighted by atomic mass is 10.2. The average molecular weight is 332 g/mol. The SMILES string of the molecule is O=P(O)(O)C(O)(CCCCN1CCNCC1)P(=O)(O)O. The summed E-state index contributed by atoms with van der Waals surface area (Å²) in [7, 11) is -10.6. The van der Waals surface area contributed by atoms with Gasteiger partial charge in [-0.25, -0.2) is 0 Å². The molecule has 0 saturated carbocycles. The fourth-order valence-corrected chi connectivity index (χ4v) is 4.35. The van der Waals surface area contributed by atoms with E-state index < -0.39 is 26.7 Å². The van der Waals surface area contributed by atoms with Gasteiger partial charge in [0.2, 0.25) is 0 Å². The topological polar surface area (TPSA) is 151 Å². The third-order valence-corrected chi connectivity index (χ3v) is 7.26. The van der Waals surface area contributed by atoms with E-state index in [1.165, 1.54) is 0 Å². The summed E-state index contributed by atoms with van der Waals surface area (Å²) < 4.78 is 22.3. The van der Waals surface area contributed by atoms with Crippen molar-refractivity contribution in [2.45, 2.75) is 24.3 Å². The minimum atomic E-state index is -5.31. The van der Waals surface area contributed by atoms with Gasteiger partial charge in [0, 0.05) is 26.2 Å². The molecule has 0 unspecified atom stereocenters. The van der Waals surface area contributed by atoms with Crippen LogP contribution in [-0.2, 0) is 9.13 Å². The predicted molar refractivity (Wildman–Crippen MR) is 72.2 cm³/mol. The Labute approximate surface area is 117 Å². The molecular weight excluding hydrogens is 310 g/mol. The van der Waals surface area contributed by atoms with Crippen LogP contribution in [0.3, 0.4) is 0 Å². The Kier molecular flexibility index (Phi) is 6.34. The first kappa shape index (κ1) is 18.2. The van der Waals surface area contributed by atoms with Crippen LogP contribution in [0.4, 0.5) is 0 Å². The quantitative estimate of drug-likeness (QED) is 0.256. The van der Waals surface area contributed by atoms with Crippen LogP contribution in [-0.4, -0.2) is 67.4 Å². The zero-order valence-corrected chi connectivity index (χ0v) is 12.8. The lowest BCUT2D eigenvalue weighted by molar-refractivity contribution is 0.119. The highest BCUT2D eigenvalue weighted by Crippen LogP contribution is 2.69. The van der Waals surface area contributed by atoms with Crippen LogP contribution in [0.25, 0.3) is 0 Å². The van der Waals surface area contributed by atoms with Crippen LogP contribution < -0.4 is 5.32 Å². The van der Waals surface area contributed by atoms with E-state index in [2.05, 4.69) is 10.2 Å². The number of rotatable bonds is 7. The largest absolute Gasteiger partial charge is 0.369 e. The summed E-state index contributed by atoms with van der Waals surface area (Å²) in [5.41, 5.74) is 0. The Balaban J connectivity index is 2.48. The molecule has 0 aromatic heterocycles. The summed E-state index contributed by atoms with van der Waals surface area (Å²) in [5.74, 6) is 0. The fourth-order valence-electron chi connectivity index (χ4n) is 2.09. The lowest BCUT2D eigenvalue weighted by Crippen LogP contribution is -2.43. The molecule has 0 bridgehead atoms. The zero-order valence-electron chi connectivity index (χ0n) is 11.1. The average Bonchev–Trinajstić information content (AvgIpc) is 2.33. The van der Waals surface area contributed by atoms with E-state index >= 15 is 0 Å². The maximum atomic E-state index is 11.1. The van der Waals surface area contributed by atoms with Gasteiger partial charge in [-0.2, -0.15) is 0 Å². The van der Waals surface area contributed by atoms with Gasteiger partial charge >= 0.3 is 15.2 Å². The van der Waals surface area contributed by atoms with E-state index in [1.54, 1.807) is 0 Å². The van der Waals surface area contributed by atoms with Crippen molar-refractivity contribution in [3.63, 3.8) is 0 Å². The molecule has 1 heterocycles. The van der Waals surface area contributed by atoms with Crippen molar-refractivity contribution in [3.8, 4) is 0 Å². The van der Waals surface area contributed by atoms with Crippen LogP contribution in [0.15, 0.2) is 0 Å². The monoisotopic (exact) mass is 332 g/mol. The van der Waals surface area contributed by atoms with Gasteiger partial charge in [-0.15, -0.1) is 0 Å². The van der Waals surface area contributed by atoms with Crippen molar-refractivity contribution < 1.29 is 33.8 Å². The summed E-state index contributed by atoms with van der Waals surface area (Å²) in [4.78, 5) is 38.0. The first-order chi connectivity index (χ1) is 9.08. The summed E-state index contributed by atoms with van der Waals surface area (Å²) in [6.07, 6.45) is -0.00734. The molecule has 0 aromatic rings.